The van der Waals surface area contributed by atoms with Crippen molar-refractivity contribution < 1.29 is 28.6 Å². The zero-order chi connectivity index (χ0) is 57.1. The summed E-state index contributed by atoms with van der Waals surface area (Å²) in [5.74, 6) is -0.979. The van der Waals surface area contributed by atoms with Crippen LogP contribution in [0.3, 0.4) is 0 Å². The van der Waals surface area contributed by atoms with Crippen LogP contribution in [-0.2, 0) is 28.6 Å². The summed E-state index contributed by atoms with van der Waals surface area (Å²) >= 11 is 0. The van der Waals surface area contributed by atoms with Crippen molar-refractivity contribution in [1.29, 1.82) is 0 Å². The zero-order valence-electron chi connectivity index (χ0n) is 50.8. The van der Waals surface area contributed by atoms with Crippen LogP contribution in [0.2, 0.25) is 0 Å². The smallest absolute Gasteiger partial charge is 0.306 e. The fraction of sp³-hybridized carbons (Fsp3) is 0.603. The van der Waals surface area contributed by atoms with E-state index < -0.39 is 6.10 Å². The van der Waals surface area contributed by atoms with E-state index in [9.17, 15) is 14.4 Å². The molecule has 1 unspecified atom stereocenters. The number of allylic oxidation sites excluding steroid dienone is 26. The average molecular weight is 1090 g/mol. The first kappa shape index (κ1) is 74.0. The van der Waals surface area contributed by atoms with Crippen molar-refractivity contribution in [3.63, 3.8) is 0 Å². The van der Waals surface area contributed by atoms with Crippen LogP contribution >= 0.6 is 0 Å². The highest BCUT2D eigenvalue weighted by Crippen LogP contribution is 2.14. The van der Waals surface area contributed by atoms with Crippen LogP contribution in [0.4, 0.5) is 0 Å². The number of ether oxygens (including phenoxy) is 3. The molecule has 444 valence electrons. The first-order valence-electron chi connectivity index (χ1n) is 32.0. The third-order valence-electron chi connectivity index (χ3n) is 13.0. The highest BCUT2D eigenvalue weighted by atomic mass is 16.6. The van der Waals surface area contributed by atoms with Crippen molar-refractivity contribution in [2.24, 2.45) is 0 Å². The summed E-state index contributed by atoms with van der Waals surface area (Å²) in [5, 5.41) is 0. The molecule has 0 saturated heterocycles. The summed E-state index contributed by atoms with van der Waals surface area (Å²) in [7, 11) is 0. The summed E-state index contributed by atoms with van der Waals surface area (Å²) in [6.07, 6.45) is 95.4. The molecule has 0 spiro atoms. The fourth-order valence-corrected chi connectivity index (χ4v) is 8.27. The molecule has 0 aromatic carbocycles. The molecule has 0 amide bonds. The lowest BCUT2D eigenvalue weighted by atomic mass is 10.1. The molecule has 0 aromatic rings. The average Bonchev–Trinajstić information content (AvgIpc) is 3.45. The largest absolute Gasteiger partial charge is 0.462 e. The van der Waals surface area contributed by atoms with Crippen LogP contribution in [0.15, 0.2) is 158 Å². The summed E-state index contributed by atoms with van der Waals surface area (Å²) in [6, 6.07) is 0. The first-order valence-corrected chi connectivity index (χ1v) is 32.0. The van der Waals surface area contributed by atoms with E-state index in [1.54, 1.807) is 0 Å². The lowest BCUT2D eigenvalue weighted by molar-refractivity contribution is -0.167. The zero-order valence-corrected chi connectivity index (χ0v) is 50.8. The molecule has 0 saturated carbocycles. The van der Waals surface area contributed by atoms with E-state index in [1.807, 2.05) is 0 Å². The number of hydrogen-bond acceptors (Lipinski definition) is 6. The molecule has 0 aliphatic carbocycles. The summed E-state index contributed by atoms with van der Waals surface area (Å²) in [6.45, 7) is 6.35. The van der Waals surface area contributed by atoms with Gasteiger partial charge in [-0.15, -0.1) is 0 Å². The molecule has 1 atom stereocenters. The van der Waals surface area contributed by atoms with Gasteiger partial charge in [-0.05, 0) is 148 Å². The van der Waals surface area contributed by atoms with Crippen molar-refractivity contribution in [1.82, 2.24) is 0 Å². The lowest BCUT2D eigenvalue weighted by Crippen LogP contribution is -2.30. The van der Waals surface area contributed by atoms with Crippen LogP contribution in [0.5, 0.6) is 0 Å². The third-order valence-corrected chi connectivity index (χ3v) is 13.0. The SMILES string of the molecule is CC/C=C\C/C=C\C/C=C\C/C=C\C/C=C\C/C=C\C/C=C\C/C=C\C/C=C\CCCCCC(=O)OCC(COC(=O)CCCCC/C=C\C/C=C\C/C=C\CC)OC(=O)CCCCCCCCC/C=C\CCCCCCCC. The Morgan fingerprint density at radius 1 is 0.266 bits per heavy atom. The van der Waals surface area contributed by atoms with E-state index in [4.69, 9.17) is 14.2 Å². The Morgan fingerprint density at radius 2 is 0.494 bits per heavy atom. The van der Waals surface area contributed by atoms with Crippen molar-refractivity contribution in [3.05, 3.63) is 158 Å². The molecule has 79 heavy (non-hydrogen) atoms. The second kappa shape index (κ2) is 65.5. The van der Waals surface area contributed by atoms with Crippen molar-refractivity contribution >= 4 is 17.9 Å². The maximum Gasteiger partial charge on any atom is 0.306 e. The minimum absolute atomic E-state index is 0.111. The van der Waals surface area contributed by atoms with Gasteiger partial charge in [0, 0.05) is 19.3 Å². The van der Waals surface area contributed by atoms with E-state index >= 15 is 0 Å². The van der Waals surface area contributed by atoms with Gasteiger partial charge in [0.2, 0.25) is 0 Å². The normalized spacial score (nSPS) is 13.2. The number of unbranched alkanes of at least 4 members (excludes halogenated alkanes) is 19. The minimum atomic E-state index is -0.814. The van der Waals surface area contributed by atoms with Crippen molar-refractivity contribution in [2.45, 2.75) is 271 Å². The standard InChI is InChI=1S/C73H116O6/c1-4-7-10-13-16-19-22-25-27-29-30-31-32-33-34-35-36-37-38-39-40-41-42-44-45-48-51-54-57-60-63-66-72(75)78-69-70(68-77-71(74)65-62-59-56-53-50-47-24-21-18-15-12-9-6-3)79-73(76)67-64-61-58-55-52-49-46-43-28-26-23-20-17-14-11-8-5-2/h7,9-10,12,16,18-19,21,25-28,30-31,33-34,36-37,39-40,42,44,47-48,50-51,70H,4-6,8,11,13-15,17,20,22-24,29,32,35,38,41,43,45-46,49,52-69H2,1-3H3/b10-7-,12-9-,19-16-,21-18-,27-25-,28-26-,31-30-,34-33-,37-36-,40-39-,44-42-,50-47-,51-48-. The molecular formula is C73H116O6. The Labute approximate surface area is 486 Å². The Bertz CT molecular complexity index is 1780. The summed E-state index contributed by atoms with van der Waals surface area (Å²) < 4.78 is 16.8. The highest BCUT2D eigenvalue weighted by Gasteiger charge is 2.19. The van der Waals surface area contributed by atoms with Gasteiger partial charge in [0.1, 0.15) is 13.2 Å². The van der Waals surface area contributed by atoms with Crippen LogP contribution < -0.4 is 0 Å². The maximum absolute atomic E-state index is 12.9. The van der Waals surface area contributed by atoms with Gasteiger partial charge in [-0.2, -0.15) is 0 Å². The van der Waals surface area contributed by atoms with Gasteiger partial charge < -0.3 is 14.2 Å². The molecule has 0 N–H and O–H groups in total. The molecule has 0 aromatic heterocycles. The second-order valence-electron chi connectivity index (χ2n) is 20.5. The summed E-state index contributed by atoms with van der Waals surface area (Å²) in [5.41, 5.74) is 0. The van der Waals surface area contributed by atoms with Crippen LogP contribution in [-0.4, -0.2) is 37.2 Å². The monoisotopic (exact) mass is 1090 g/mol. The minimum Gasteiger partial charge on any atom is -0.462 e. The molecule has 0 fully saturated rings. The summed E-state index contributed by atoms with van der Waals surface area (Å²) in [4.78, 5) is 38.2. The predicted octanol–water partition coefficient (Wildman–Crippen LogP) is 22.1. The quantitative estimate of drug-likeness (QED) is 0.0261. The van der Waals surface area contributed by atoms with Crippen molar-refractivity contribution in [2.75, 3.05) is 13.2 Å². The Kier molecular flexibility index (Phi) is 61.4. The van der Waals surface area contributed by atoms with E-state index in [2.05, 4.69) is 179 Å². The number of hydrogen-bond donors (Lipinski definition) is 0. The van der Waals surface area contributed by atoms with E-state index in [1.165, 1.54) is 77.0 Å². The number of esters is 3. The molecule has 6 nitrogen and oxygen atoms in total. The van der Waals surface area contributed by atoms with Crippen molar-refractivity contribution in [3.8, 4) is 0 Å². The predicted molar refractivity (Wildman–Crippen MR) is 343 cm³/mol. The number of carbonyl (C=O) groups is 3. The Hall–Kier alpha value is -4.97. The van der Waals surface area contributed by atoms with Crippen LogP contribution in [0, 0.1) is 0 Å². The van der Waals surface area contributed by atoms with Crippen LogP contribution in [0.25, 0.3) is 0 Å². The van der Waals surface area contributed by atoms with Gasteiger partial charge in [0.15, 0.2) is 6.10 Å². The van der Waals surface area contributed by atoms with Gasteiger partial charge in [-0.1, -0.05) is 256 Å². The third kappa shape index (κ3) is 63.7. The molecule has 0 heterocycles. The highest BCUT2D eigenvalue weighted by molar-refractivity contribution is 5.71. The van der Waals surface area contributed by atoms with Gasteiger partial charge >= 0.3 is 17.9 Å². The van der Waals surface area contributed by atoms with Gasteiger partial charge in [-0.3, -0.25) is 14.4 Å². The number of rotatable bonds is 56. The fourth-order valence-electron chi connectivity index (χ4n) is 8.27. The molecule has 0 aliphatic rings. The molecule has 6 heteroatoms. The van der Waals surface area contributed by atoms with Gasteiger partial charge in [-0.25, -0.2) is 0 Å². The topological polar surface area (TPSA) is 78.9 Å². The van der Waals surface area contributed by atoms with Gasteiger partial charge in [0.25, 0.3) is 0 Å². The molecular weight excluding hydrogens is 973 g/mol. The molecule has 0 rings (SSSR count). The second-order valence-corrected chi connectivity index (χ2v) is 20.5. The van der Waals surface area contributed by atoms with Gasteiger partial charge in [0.05, 0.1) is 0 Å². The first-order chi connectivity index (χ1) is 39.0. The lowest BCUT2D eigenvalue weighted by Gasteiger charge is -2.18. The molecule has 0 bridgehead atoms. The Morgan fingerprint density at radius 3 is 0.797 bits per heavy atom. The van der Waals surface area contributed by atoms with E-state index in [0.29, 0.717) is 19.3 Å². The van der Waals surface area contributed by atoms with E-state index in [-0.39, 0.29) is 31.1 Å². The number of carbonyl (C=O) groups excluding carboxylic acids is 3. The van der Waals surface area contributed by atoms with E-state index in [0.717, 1.165) is 148 Å². The molecule has 0 aliphatic heterocycles. The Balaban J connectivity index is 4.42. The molecule has 0 radical (unpaired) electrons. The maximum atomic E-state index is 12.9. The van der Waals surface area contributed by atoms with Crippen LogP contribution in [0.1, 0.15) is 265 Å².